The highest BCUT2D eigenvalue weighted by molar-refractivity contribution is 5.89. The average Bonchev–Trinajstić information content (AvgIpc) is 3.14. The maximum absolute atomic E-state index is 13.8. The van der Waals surface area contributed by atoms with Crippen LogP contribution in [-0.4, -0.2) is 43.0 Å². The summed E-state index contributed by atoms with van der Waals surface area (Å²) < 4.78 is 47.6. The molecule has 0 amide bonds. The molecule has 1 aliphatic rings. The minimum absolute atomic E-state index is 0.0800. The summed E-state index contributed by atoms with van der Waals surface area (Å²) in [7, 11) is 0. The number of aryl methyl sites for hydroxylation is 1. The molecule has 0 unspecified atom stereocenters. The van der Waals surface area contributed by atoms with Gasteiger partial charge in [-0.2, -0.15) is 0 Å². The first kappa shape index (κ1) is 17.3. The zero-order valence-corrected chi connectivity index (χ0v) is 14.4. The normalized spacial score (nSPS) is 12.8. The highest BCUT2D eigenvalue weighted by Gasteiger charge is 2.30. The van der Waals surface area contributed by atoms with Gasteiger partial charge in [0.05, 0.1) is 28.5 Å². The molecule has 3 heterocycles. The van der Waals surface area contributed by atoms with Crippen LogP contribution in [-0.2, 0) is 11.2 Å². The number of carbonyl (C=O) groups excluding carboxylic acids is 1. The number of hydrogen-bond acceptors (Lipinski definition) is 5. The van der Waals surface area contributed by atoms with Crippen molar-refractivity contribution >= 4 is 5.97 Å². The van der Waals surface area contributed by atoms with Gasteiger partial charge in [0.2, 0.25) is 0 Å². The summed E-state index contributed by atoms with van der Waals surface area (Å²) >= 11 is 0. The van der Waals surface area contributed by atoms with Gasteiger partial charge in [-0.05, 0) is 19.1 Å². The molecule has 1 aromatic carbocycles. The Morgan fingerprint density at radius 3 is 2.81 bits per heavy atom. The van der Waals surface area contributed by atoms with Gasteiger partial charge in [0, 0.05) is 19.4 Å². The Balaban J connectivity index is 1.84. The molecule has 0 saturated heterocycles. The fourth-order valence-electron chi connectivity index (χ4n) is 2.98. The summed E-state index contributed by atoms with van der Waals surface area (Å²) in [5.41, 5.74) is 2.54. The number of halogens is 3. The number of imidazole rings is 1. The lowest BCUT2D eigenvalue weighted by Crippen LogP contribution is -2.22. The van der Waals surface area contributed by atoms with E-state index in [-0.39, 0.29) is 12.1 Å². The number of esters is 1. The molecule has 4 rings (SSSR count). The van der Waals surface area contributed by atoms with Crippen molar-refractivity contribution in [3.05, 3.63) is 53.1 Å². The zero-order valence-electron chi connectivity index (χ0n) is 14.4. The van der Waals surface area contributed by atoms with Crippen molar-refractivity contribution < 1.29 is 22.7 Å². The topological polar surface area (TPSA) is 74.8 Å². The molecule has 140 valence electrons. The number of rotatable bonds is 3. The second-order valence-electron chi connectivity index (χ2n) is 6.40. The van der Waals surface area contributed by atoms with Crippen molar-refractivity contribution in [2.75, 3.05) is 6.61 Å². The van der Waals surface area contributed by atoms with Crippen molar-refractivity contribution in [2.24, 2.45) is 0 Å². The summed E-state index contributed by atoms with van der Waals surface area (Å²) in [5, 5.41) is 8.07. The Hall–Kier alpha value is -3.17. The van der Waals surface area contributed by atoms with E-state index < -0.39 is 24.3 Å². The van der Waals surface area contributed by atoms with Gasteiger partial charge in [-0.15, -0.1) is 5.10 Å². The van der Waals surface area contributed by atoms with Crippen LogP contribution in [0.15, 0.2) is 24.5 Å². The number of nitrogens with zero attached hydrogens (tertiary/aromatic N) is 5. The molecule has 27 heavy (non-hydrogen) atoms. The zero-order chi connectivity index (χ0) is 19.3. The Morgan fingerprint density at radius 2 is 2.07 bits per heavy atom. The monoisotopic (exact) mass is 377 g/mol. The van der Waals surface area contributed by atoms with Gasteiger partial charge in [0.25, 0.3) is 5.92 Å². The molecule has 0 atom stereocenters. The number of carbonyl (C=O) groups is 1. The van der Waals surface area contributed by atoms with Crippen LogP contribution >= 0.6 is 0 Å². The van der Waals surface area contributed by atoms with Crippen LogP contribution in [0.2, 0.25) is 0 Å². The van der Waals surface area contributed by atoms with E-state index >= 15 is 0 Å². The molecule has 2 aromatic heterocycles. The van der Waals surface area contributed by atoms with Crippen LogP contribution in [0.25, 0.3) is 11.4 Å². The third-order valence-electron chi connectivity index (χ3n) is 4.23. The average molecular weight is 377 g/mol. The summed E-state index contributed by atoms with van der Waals surface area (Å²) in [5.74, 6) is -4.55. The molecule has 0 spiro atoms. The van der Waals surface area contributed by atoms with Gasteiger partial charge < -0.3 is 4.74 Å². The van der Waals surface area contributed by atoms with Crippen molar-refractivity contribution in [1.82, 2.24) is 24.5 Å². The van der Waals surface area contributed by atoms with Crippen molar-refractivity contribution in [1.29, 1.82) is 0 Å². The molecule has 0 bridgehead atoms. The number of ether oxygens (including phenoxy) is 1. The molecule has 10 heteroatoms. The molecule has 0 aliphatic carbocycles. The number of aromatic nitrogens is 5. The molecule has 0 radical (unpaired) electrons. The van der Waals surface area contributed by atoms with E-state index in [2.05, 4.69) is 15.3 Å². The van der Waals surface area contributed by atoms with Crippen LogP contribution in [0.4, 0.5) is 13.2 Å². The molecular formula is C17H14F3N5O2. The van der Waals surface area contributed by atoms with Gasteiger partial charge in [-0.3, -0.25) is 4.57 Å². The molecule has 3 aromatic rings. The lowest BCUT2D eigenvalue weighted by atomic mass is 10.1. The Bertz CT molecular complexity index is 1050. The summed E-state index contributed by atoms with van der Waals surface area (Å²) in [6, 6.07) is 4.10. The van der Waals surface area contributed by atoms with Gasteiger partial charge in [-0.25, -0.2) is 27.6 Å². The minimum Gasteiger partial charge on any atom is -0.455 e. The lowest BCUT2D eigenvalue weighted by molar-refractivity contribution is -0.0469. The standard InChI is InChI=1S/C17H14F3N5O2/c1-9-12-6-14-15(16(26)27-7-17(2,19)20)21-8-24(14)11-4-3-10(18)5-13(11)25(12)23-22-9/h3-5,8H,6-7H2,1-2H3. The van der Waals surface area contributed by atoms with E-state index in [1.54, 1.807) is 11.5 Å². The van der Waals surface area contributed by atoms with Crippen LogP contribution in [0.5, 0.6) is 0 Å². The summed E-state index contributed by atoms with van der Waals surface area (Å²) in [6.45, 7) is 1.35. The van der Waals surface area contributed by atoms with E-state index in [1.165, 1.54) is 29.2 Å². The predicted octanol–water partition coefficient (Wildman–Crippen LogP) is 2.62. The summed E-state index contributed by atoms with van der Waals surface area (Å²) in [6.07, 6.45) is 1.57. The highest BCUT2D eigenvalue weighted by Crippen LogP contribution is 2.30. The lowest BCUT2D eigenvalue weighted by Gasteiger charge is -2.11. The number of hydrogen-bond donors (Lipinski definition) is 0. The minimum atomic E-state index is -3.14. The molecule has 1 aliphatic heterocycles. The SMILES string of the molecule is Cc1nnn2c1Cc1c(C(=O)OCC(C)(F)F)ncn1-c1ccc(F)cc1-2. The van der Waals surface area contributed by atoms with E-state index in [9.17, 15) is 18.0 Å². The number of benzene rings is 1. The fraction of sp³-hybridized carbons (Fsp3) is 0.294. The maximum atomic E-state index is 13.8. The van der Waals surface area contributed by atoms with E-state index in [4.69, 9.17) is 4.74 Å². The Morgan fingerprint density at radius 1 is 1.30 bits per heavy atom. The quantitative estimate of drug-likeness (QED) is 0.513. The molecule has 7 nitrogen and oxygen atoms in total. The van der Waals surface area contributed by atoms with E-state index in [0.717, 1.165) is 0 Å². The van der Waals surface area contributed by atoms with Crippen LogP contribution in [0.1, 0.15) is 34.5 Å². The molecule has 0 N–H and O–H groups in total. The van der Waals surface area contributed by atoms with Crippen LogP contribution < -0.4 is 0 Å². The Labute approximate surface area is 151 Å². The van der Waals surface area contributed by atoms with Crippen LogP contribution in [0.3, 0.4) is 0 Å². The van der Waals surface area contributed by atoms with E-state index in [1.807, 2.05) is 0 Å². The molecule has 0 fully saturated rings. The van der Waals surface area contributed by atoms with Crippen molar-refractivity contribution in [3.63, 3.8) is 0 Å². The Kier molecular flexibility index (Phi) is 3.79. The van der Waals surface area contributed by atoms with Gasteiger partial charge >= 0.3 is 5.97 Å². The third-order valence-corrected chi connectivity index (χ3v) is 4.23. The van der Waals surface area contributed by atoms with Gasteiger partial charge in [0.15, 0.2) is 12.3 Å². The van der Waals surface area contributed by atoms with Crippen LogP contribution in [0, 0.1) is 12.7 Å². The third kappa shape index (κ3) is 2.96. The first-order chi connectivity index (χ1) is 12.7. The highest BCUT2D eigenvalue weighted by atomic mass is 19.3. The summed E-state index contributed by atoms with van der Waals surface area (Å²) in [4.78, 5) is 16.4. The fourth-order valence-corrected chi connectivity index (χ4v) is 2.98. The van der Waals surface area contributed by atoms with Gasteiger partial charge in [0.1, 0.15) is 12.1 Å². The largest absolute Gasteiger partial charge is 0.455 e. The number of fused-ring (bicyclic) bond motifs is 5. The van der Waals surface area contributed by atoms with Crippen molar-refractivity contribution in [3.8, 4) is 11.4 Å². The maximum Gasteiger partial charge on any atom is 0.359 e. The first-order valence-electron chi connectivity index (χ1n) is 8.07. The first-order valence-corrected chi connectivity index (χ1v) is 8.07. The number of alkyl halides is 2. The molecular weight excluding hydrogens is 363 g/mol. The molecule has 0 saturated carbocycles. The second kappa shape index (κ2) is 5.93. The van der Waals surface area contributed by atoms with E-state index in [0.29, 0.717) is 35.4 Å². The predicted molar refractivity (Wildman–Crippen MR) is 86.9 cm³/mol. The van der Waals surface area contributed by atoms with Gasteiger partial charge in [-0.1, -0.05) is 5.21 Å². The van der Waals surface area contributed by atoms with Crippen molar-refractivity contribution in [2.45, 2.75) is 26.2 Å². The second-order valence-corrected chi connectivity index (χ2v) is 6.40. The smallest absolute Gasteiger partial charge is 0.359 e.